The van der Waals surface area contributed by atoms with Gasteiger partial charge in [0.2, 0.25) is 5.88 Å². The fourth-order valence-corrected chi connectivity index (χ4v) is 1.17. The van der Waals surface area contributed by atoms with Gasteiger partial charge in [0.05, 0.1) is 12.7 Å². The summed E-state index contributed by atoms with van der Waals surface area (Å²) >= 11 is 0. The molecule has 0 unspecified atom stereocenters. The Hall–Kier alpha value is -1.36. The topological polar surface area (TPSA) is 56.3 Å². The van der Waals surface area contributed by atoms with Crippen molar-refractivity contribution in [2.75, 3.05) is 25.6 Å². The van der Waals surface area contributed by atoms with Gasteiger partial charge < -0.3 is 14.8 Å². The van der Waals surface area contributed by atoms with E-state index in [-0.39, 0.29) is 6.10 Å². The summed E-state index contributed by atoms with van der Waals surface area (Å²) in [6.07, 6.45) is 0.226. The molecule has 0 saturated carbocycles. The van der Waals surface area contributed by atoms with E-state index in [1.807, 2.05) is 27.8 Å². The van der Waals surface area contributed by atoms with Crippen molar-refractivity contribution in [1.29, 1.82) is 0 Å². The minimum atomic E-state index is 0.226. The molecule has 1 aromatic heterocycles. The highest BCUT2D eigenvalue weighted by Crippen LogP contribution is 2.12. The molecule has 0 amide bonds. The van der Waals surface area contributed by atoms with Crippen LogP contribution < -0.4 is 10.1 Å². The maximum atomic E-state index is 5.46. The zero-order valence-corrected chi connectivity index (χ0v) is 10.3. The summed E-state index contributed by atoms with van der Waals surface area (Å²) in [7, 11) is 1.81. The summed E-state index contributed by atoms with van der Waals surface area (Å²) in [6, 6.07) is 1.77. The summed E-state index contributed by atoms with van der Waals surface area (Å²) in [6.45, 7) is 6.88. The van der Waals surface area contributed by atoms with Crippen LogP contribution in [0.4, 0.5) is 5.82 Å². The zero-order chi connectivity index (χ0) is 12.0. The van der Waals surface area contributed by atoms with E-state index in [1.54, 1.807) is 6.07 Å². The zero-order valence-electron chi connectivity index (χ0n) is 10.3. The third-order valence-corrected chi connectivity index (χ3v) is 1.86. The Balaban J connectivity index is 2.44. The van der Waals surface area contributed by atoms with Crippen molar-refractivity contribution in [1.82, 2.24) is 9.97 Å². The van der Waals surface area contributed by atoms with Gasteiger partial charge in [0.25, 0.3) is 0 Å². The van der Waals surface area contributed by atoms with E-state index >= 15 is 0 Å². The van der Waals surface area contributed by atoms with Crippen molar-refractivity contribution >= 4 is 5.82 Å². The average Bonchev–Trinajstić information content (AvgIpc) is 2.23. The molecule has 5 nitrogen and oxygen atoms in total. The first-order valence-electron chi connectivity index (χ1n) is 5.39. The molecule has 1 heterocycles. The molecule has 0 bridgehead atoms. The lowest BCUT2D eigenvalue weighted by Crippen LogP contribution is -2.12. The van der Waals surface area contributed by atoms with E-state index in [0.29, 0.717) is 24.9 Å². The number of ether oxygens (including phenoxy) is 2. The van der Waals surface area contributed by atoms with Gasteiger partial charge in [-0.25, -0.2) is 4.98 Å². The highest BCUT2D eigenvalue weighted by Gasteiger charge is 2.01. The first-order chi connectivity index (χ1) is 7.61. The van der Waals surface area contributed by atoms with Crippen molar-refractivity contribution in [2.45, 2.75) is 26.9 Å². The molecule has 0 aromatic carbocycles. The van der Waals surface area contributed by atoms with Crippen LogP contribution in [0.15, 0.2) is 6.07 Å². The Morgan fingerprint density at radius 1 is 1.31 bits per heavy atom. The largest absolute Gasteiger partial charge is 0.475 e. The van der Waals surface area contributed by atoms with Gasteiger partial charge in [-0.15, -0.1) is 0 Å². The van der Waals surface area contributed by atoms with E-state index in [1.165, 1.54) is 0 Å². The molecule has 1 N–H and O–H groups in total. The molecule has 0 radical (unpaired) electrons. The normalized spacial score (nSPS) is 10.6. The fraction of sp³-hybridized carbons (Fsp3) is 0.636. The first-order valence-corrected chi connectivity index (χ1v) is 5.39. The number of hydrogen-bond acceptors (Lipinski definition) is 5. The van der Waals surface area contributed by atoms with E-state index in [2.05, 4.69) is 15.3 Å². The number of hydrogen-bond donors (Lipinski definition) is 1. The van der Waals surface area contributed by atoms with Crippen LogP contribution in [0.5, 0.6) is 5.88 Å². The fourth-order valence-electron chi connectivity index (χ4n) is 1.17. The van der Waals surface area contributed by atoms with Crippen LogP contribution >= 0.6 is 0 Å². The number of nitrogens with zero attached hydrogens (tertiary/aromatic N) is 2. The molecule has 16 heavy (non-hydrogen) atoms. The molecule has 5 heteroatoms. The monoisotopic (exact) mass is 225 g/mol. The Kier molecular flexibility index (Phi) is 4.98. The van der Waals surface area contributed by atoms with Crippen molar-refractivity contribution < 1.29 is 9.47 Å². The number of aryl methyl sites for hydroxylation is 1. The van der Waals surface area contributed by atoms with Gasteiger partial charge in [-0.3, -0.25) is 0 Å². The van der Waals surface area contributed by atoms with E-state index in [4.69, 9.17) is 9.47 Å². The van der Waals surface area contributed by atoms with E-state index < -0.39 is 0 Å². The molecule has 1 aromatic rings. The summed E-state index contributed by atoms with van der Waals surface area (Å²) in [5, 5.41) is 2.95. The number of aromatic nitrogens is 2. The van der Waals surface area contributed by atoms with Crippen molar-refractivity contribution in [3.63, 3.8) is 0 Å². The quantitative estimate of drug-likeness (QED) is 0.746. The third kappa shape index (κ3) is 4.44. The van der Waals surface area contributed by atoms with Gasteiger partial charge in [-0.05, 0) is 20.8 Å². The molecule has 1 rings (SSSR count). The standard InChI is InChI=1S/C11H19N3O2/c1-8(2)15-5-6-16-11-7-10(12-4)13-9(3)14-11/h7-8H,5-6H2,1-4H3,(H,12,13,14). The van der Waals surface area contributed by atoms with Crippen LogP contribution in [-0.4, -0.2) is 36.3 Å². The van der Waals surface area contributed by atoms with Crippen LogP contribution in [0, 0.1) is 6.92 Å². The Labute approximate surface area is 96.2 Å². The van der Waals surface area contributed by atoms with Crippen LogP contribution in [0.25, 0.3) is 0 Å². The Morgan fingerprint density at radius 3 is 2.69 bits per heavy atom. The van der Waals surface area contributed by atoms with Gasteiger partial charge in [0.15, 0.2) is 0 Å². The Morgan fingerprint density at radius 2 is 2.06 bits per heavy atom. The van der Waals surface area contributed by atoms with Crippen molar-refractivity contribution in [3.05, 3.63) is 11.9 Å². The van der Waals surface area contributed by atoms with Crippen molar-refractivity contribution in [3.8, 4) is 5.88 Å². The lowest BCUT2D eigenvalue weighted by atomic mass is 10.5. The second kappa shape index (κ2) is 6.27. The maximum absolute atomic E-state index is 5.46. The predicted molar refractivity (Wildman–Crippen MR) is 62.9 cm³/mol. The number of rotatable bonds is 6. The molecule has 0 atom stereocenters. The van der Waals surface area contributed by atoms with Gasteiger partial charge in [-0.1, -0.05) is 0 Å². The highest BCUT2D eigenvalue weighted by atomic mass is 16.5. The smallest absolute Gasteiger partial charge is 0.218 e. The number of anilines is 1. The summed E-state index contributed by atoms with van der Waals surface area (Å²) in [5.74, 6) is 2.02. The van der Waals surface area contributed by atoms with Gasteiger partial charge in [0, 0.05) is 13.1 Å². The average molecular weight is 225 g/mol. The predicted octanol–water partition coefficient (Wildman–Crippen LogP) is 1.63. The molecule has 90 valence electrons. The van der Waals surface area contributed by atoms with Crippen molar-refractivity contribution in [2.24, 2.45) is 0 Å². The minimum absolute atomic E-state index is 0.226. The second-order valence-corrected chi connectivity index (χ2v) is 3.66. The maximum Gasteiger partial charge on any atom is 0.218 e. The lowest BCUT2D eigenvalue weighted by Gasteiger charge is -2.09. The van der Waals surface area contributed by atoms with Crippen LogP contribution in [0.2, 0.25) is 0 Å². The minimum Gasteiger partial charge on any atom is -0.475 e. The van der Waals surface area contributed by atoms with Gasteiger partial charge in [0.1, 0.15) is 18.2 Å². The molecule has 0 spiro atoms. The lowest BCUT2D eigenvalue weighted by molar-refractivity contribution is 0.0542. The summed E-state index contributed by atoms with van der Waals surface area (Å²) < 4.78 is 10.8. The highest BCUT2D eigenvalue weighted by molar-refractivity contribution is 5.37. The molecule has 0 aliphatic carbocycles. The Bertz CT molecular complexity index is 329. The second-order valence-electron chi connectivity index (χ2n) is 3.66. The van der Waals surface area contributed by atoms with Gasteiger partial charge in [-0.2, -0.15) is 4.98 Å². The first kappa shape index (κ1) is 12.7. The SMILES string of the molecule is CNc1cc(OCCOC(C)C)nc(C)n1. The third-order valence-electron chi connectivity index (χ3n) is 1.86. The van der Waals surface area contributed by atoms with Crippen LogP contribution in [-0.2, 0) is 4.74 Å². The van der Waals surface area contributed by atoms with E-state index in [9.17, 15) is 0 Å². The molecule has 0 saturated heterocycles. The van der Waals surface area contributed by atoms with Crippen LogP contribution in [0.3, 0.4) is 0 Å². The summed E-state index contributed by atoms with van der Waals surface area (Å²) in [4.78, 5) is 8.34. The number of nitrogens with one attached hydrogen (secondary N) is 1. The molecular formula is C11H19N3O2. The van der Waals surface area contributed by atoms with Crippen LogP contribution in [0.1, 0.15) is 19.7 Å². The molecule has 0 fully saturated rings. The van der Waals surface area contributed by atoms with E-state index in [0.717, 1.165) is 5.82 Å². The van der Waals surface area contributed by atoms with Gasteiger partial charge >= 0.3 is 0 Å². The molecular weight excluding hydrogens is 206 g/mol. The molecule has 0 aliphatic rings. The molecule has 0 aliphatic heterocycles. The summed E-state index contributed by atoms with van der Waals surface area (Å²) in [5.41, 5.74) is 0.